The van der Waals surface area contributed by atoms with Crippen LogP contribution in [0.5, 0.6) is 0 Å². The minimum Gasteiger partial charge on any atom is -0.299 e. The summed E-state index contributed by atoms with van der Waals surface area (Å²) in [6, 6.07) is 14.1. The second kappa shape index (κ2) is 5.82. The highest BCUT2D eigenvalue weighted by molar-refractivity contribution is 6.10. The standard InChI is InChI=1S/C19H21NO/c1-14-10-15(2)12-17(11-14)19(21)18-7-4-3-6-16(18)13-20-8-5-9-20/h3-4,6-7,10-12H,5,8-9,13H2,1-2H3. The maximum Gasteiger partial charge on any atom is 0.193 e. The van der Waals surface area contributed by atoms with Gasteiger partial charge in [-0.15, -0.1) is 0 Å². The van der Waals surface area contributed by atoms with Crippen molar-refractivity contribution in [3.63, 3.8) is 0 Å². The SMILES string of the molecule is Cc1cc(C)cc(C(=O)c2ccccc2CN2CCC2)c1. The van der Waals surface area contributed by atoms with Crippen molar-refractivity contribution in [1.29, 1.82) is 0 Å². The molecule has 21 heavy (non-hydrogen) atoms. The molecule has 0 amide bonds. The average Bonchev–Trinajstić information content (AvgIpc) is 2.41. The maximum atomic E-state index is 12.8. The molecule has 1 saturated heterocycles. The lowest BCUT2D eigenvalue weighted by Crippen LogP contribution is -2.36. The number of aryl methyl sites for hydroxylation is 2. The van der Waals surface area contributed by atoms with Crippen LogP contribution in [0.1, 0.15) is 39.0 Å². The van der Waals surface area contributed by atoms with Gasteiger partial charge >= 0.3 is 0 Å². The van der Waals surface area contributed by atoms with E-state index in [2.05, 4.69) is 17.0 Å². The number of likely N-dealkylation sites (tertiary alicyclic amines) is 1. The predicted octanol–water partition coefficient (Wildman–Crippen LogP) is 3.74. The molecule has 0 aromatic heterocycles. The maximum absolute atomic E-state index is 12.8. The van der Waals surface area contributed by atoms with E-state index in [1.807, 2.05) is 44.2 Å². The predicted molar refractivity (Wildman–Crippen MR) is 85.7 cm³/mol. The third-order valence-electron chi connectivity index (χ3n) is 4.09. The minimum absolute atomic E-state index is 0.137. The van der Waals surface area contributed by atoms with E-state index in [0.29, 0.717) is 0 Å². The Morgan fingerprint density at radius 1 is 1.05 bits per heavy atom. The minimum atomic E-state index is 0.137. The molecule has 2 aromatic carbocycles. The molecule has 0 aliphatic carbocycles. The number of hydrogen-bond acceptors (Lipinski definition) is 2. The van der Waals surface area contributed by atoms with E-state index >= 15 is 0 Å². The highest BCUT2D eigenvalue weighted by Crippen LogP contribution is 2.20. The summed E-state index contributed by atoms with van der Waals surface area (Å²) >= 11 is 0. The van der Waals surface area contributed by atoms with Gasteiger partial charge in [-0.2, -0.15) is 0 Å². The summed E-state index contributed by atoms with van der Waals surface area (Å²) in [5.41, 5.74) is 5.05. The number of rotatable bonds is 4. The monoisotopic (exact) mass is 279 g/mol. The van der Waals surface area contributed by atoms with Crippen LogP contribution in [0, 0.1) is 13.8 Å². The molecule has 0 N–H and O–H groups in total. The van der Waals surface area contributed by atoms with Crippen LogP contribution in [-0.4, -0.2) is 23.8 Å². The summed E-state index contributed by atoms with van der Waals surface area (Å²) in [6.07, 6.45) is 1.27. The summed E-state index contributed by atoms with van der Waals surface area (Å²) in [5.74, 6) is 0.137. The molecule has 0 radical (unpaired) electrons. The first-order chi connectivity index (χ1) is 10.1. The fourth-order valence-corrected chi connectivity index (χ4v) is 2.92. The van der Waals surface area contributed by atoms with Crippen molar-refractivity contribution in [2.75, 3.05) is 13.1 Å². The summed E-state index contributed by atoms with van der Waals surface area (Å²) < 4.78 is 0. The molecule has 0 saturated carbocycles. The van der Waals surface area contributed by atoms with Crippen LogP contribution < -0.4 is 0 Å². The van der Waals surface area contributed by atoms with Crippen LogP contribution in [0.15, 0.2) is 42.5 Å². The van der Waals surface area contributed by atoms with Crippen molar-refractivity contribution in [2.45, 2.75) is 26.8 Å². The molecule has 2 nitrogen and oxygen atoms in total. The van der Waals surface area contributed by atoms with Gasteiger partial charge in [0.15, 0.2) is 5.78 Å². The van der Waals surface area contributed by atoms with Crippen molar-refractivity contribution in [1.82, 2.24) is 4.90 Å². The average molecular weight is 279 g/mol. The number of carbonyl (C=O) groups is 1. The highest BCUT2D eigenvalue weighted by atomic mass is 16.1. The molecular formula is C19H21NO. The van der Waals surface area contributed by atoms with Gasteiger partial charge in [0.2, 0.25) is 0 Å². The van der Waals surface area contributed by atoms with Gasteiger partial charge in [-0.05, 0) is 51.1 Å². The van der Waals surface area contributed by atoms with E-state index in [4.69, 9.17) is 0 Å². The Morgan fingerprint density at radius 3 is 2.33 bits per heavy atom. The zero-order valence-corrected chi connectivity index (χ0v) is 12.7. The zero-order valence-electron chi connectivity index (χ0n) is 12.7. The van der Waals surface area contributed by atoms with Gasteiger partial charge in [-0.25, -0.2) is 0 Å². The summed E-state index contributed by atoms with van der Waals surface area (Å²) in [4.78, 5) is 15.2. The van der Waals surface area contributed by atoms with Crippen molar-refractivity contribution < 1.29 is 4.79 Å². The second-order valence-electron chi connectivity index (χ2n) is 5.99. The third-order valence-corrected chi connectivity index (χ3v) is 4.09. The van der Waals surface area contributed by atoms with Crippen LogP contribution in [-0.2, 0) is 6.54 Å². The van der Waals surface area contributed by atoms with Crippen molar-refractivity contribution >= 4 is 5.78 Å². The Hall–Kier alpha value is -1.93. The van der Waals surface area contributed by atoms with Gasteiger partial charge in [0.25, 0.3) is 0 Å². The molecule has 2 heteroatoms. The summed E-state index contributed by atoms with van der Waals surface area (Å²) in [5, 5.41) is 0. The molecule has 2 aromatic rings. The molecule has 1 aliphatic heterocycles. The normalized spacial score (nSPS) is 14.8. The summed E-state index contributed by atoms with van der Waals surface area (Å²) in [7, 11) is 0. The van der Waals surface area contributed by atoms with Crippen molar-refractivity contribution in [3.8, 4) is 0 Å². The van der Waals surface area contributed by atoms with Crippen LogP contribution in [0.25, 0.3) is 0 Å². The quantitative estimate of drug-likeness (QED) is 0.795. The van der Waals surface area contributed by atoms with Gasteiger partial charge < -0.3 is 0 Å². The second-order valence-corrected chi connectivity index (χ2v) is 5.99. The van der Waals surface area contributed by atoms with Gasteiger partial charge in [0, 0.05) is 17.7 Å². The van der Waals surface area contributed by atoms with Crippen molar-refractivity contribution in [3.05, 3.63) is 70.3 Å². The van der Waals surface area contributed by atoms with Crippen LogP contribution in [0.3, 0.4) is 0 Å². The topological polar surface area (TPSA) is 20.3 Å². The van der Waals surface area contributed by atoms with Gasteiger partial charge in [0.1, 0.15) is 0 Å². The van der Waals surface area contributed by atoms with E-state index in [-0.39, 0.29) is 5.78 Å². The Balaban J connectivity index is 1.93. The molecule has 0 unspecified atom stereocenters. The molecule has 3 rings (SSSR count). The van der Waals surface area contributed by atoms with E-state index in [1.54, 1.807) is 0 Å². The van der Waals surface area contributed by atoms with Gasteiger partial charge in [-0.1, -0.05) is 41.5 Å². The largest absolute Gasteiger partial charge is 0.299 e. The molecular weight excluding hydrogens is 258 g/mol. The van der Waals surface area contributed by atoms with E-state index in [0.717, 1.165) is 47.5 Å². The first-order valence-electron chi connectivity index (χ1n) is 7.57. The first-order valence-corrected chi connectivity index (χ1v) is 7.57. The fraction of sp³-hybridized carbons (Fsp3) is 0.316. The molecule has 0 atom stereocenters. The zero-order chi connectivity index (χ0) is 14.8. The molecule has 108 valence electrons. The number of ketones is 1. The number of carbonyl (C=O) groups excluding carboxylic acids is 1. The molecule has 1 heterocycles. The summed E-state index contributed by atoms with van der Waals surface area (Å²) in [6.45, 7) is 7.25. The number of nitrogens with zero attached hydrogens (tertiary/aromatic N) is 1. The Labute approximate surface area is 126 Å². The van der Waals surface area contributed by atoms with Crippen LogP contribution in [0.2, 0.25) is 0 Å². The van der Waals surface area contributed by atoms with E-state index in [1.165, 1.54) is 6.42 Å². The Kier molecular flexibility index (Phi) is 3.89. The highest BCUT2D eigenvalue weighted by Gasteiger charge is 2.18. The van der Waals surface area contributed by atoms with E-state index < -0.39 is 0 Å². The molecule has 1 aliphatic rings. The van der Waals surface area contributed by atoms with E-state index in [9.17, 15) is 4.79 Å². The lowest BCUT2D eigenvalue weighted by atomic mass is 9.95. The number of benzene rings is 2. The smallest absolute Gasteiger partial charge is 0.193 e. The molecule has 0 spiro atoms. The molecule has 1 fully saturated rings. The first kappa shape index (κ1) is 14.0. The lowest BCUT2D eigenvalue weighted by Gasteiger charge is -2.31. The fourth-order valence-electron chi connectivity index (χ4n) is 2.92. The third kappa shape index (κ3) is 3.06. The number of hydrogen-bond donors (Lipinski definition) is 0. The molecule has 0 bridgehead atoms. The van der Waals surface area contributed by atoms with Crippen LogP contribution in [0.4, 0.5) is 0 Å². The Bertz CT molecular complexity index is 651. The van der Waals surface area contributed by atoms with Crippen LogP contribution >= 0.6 is 0 Å². The van der Waals surface area contributed by atoms with Gasteiger partial charge in [-0.3, -0.25) is 9.69 Å². The van der Waals surface area contributed by atoms with Gasteiger partial charge in [0.05, 0.1) is 0 Å². The van der Waals surface area contributed by atoms with Crippen molar-refractivity contribution in [2.24, 2.45) is 0 Å². The lowest BCUT2D eigenvalue weighted by molar-refractivity contribution is 0.103. The Morgan fingerprint density at radius 2 is 1.71 bits per heavy atom.